The van der Waals surface area contributed by atoms with Crippen molar-refractivity contribution < 1.29 is 9.32 Å². The quantitative estimate of drug-likeness (QED) is 0.729. The molecule has 0 unspecified atom stereocenters. The number of aromatic nitrogens is 1. The molecule has 3 rings (SSSR count). The fraction of sp³-hybridized carbons (Fsp3) is 0.0588. The Balaban J connectivity index is 1.77. The van der Waals surface area contributed by atoms with Crippen LogP contribution in [0.1, 0.15) is 10.5 Å². The summed E-state index contributed by atoms with van der Waals surface area (Å²) in [5.41, 5.74) is 1.88. The second kappa shape index (κ2) is 6.49. The summed E-state index contributed by atoms with van der Waals surface area (Å²) in [7, 11) is 0. The van der Waals surface area contributed by atoms with Gasteiger partial charge in [-0.15, -0.1) is 11.8 Å². The maximum Gasteiger partial charge on any atom is 0.277 e. The minimum Gasteiger partial charge on any atom is -0.355 e. The van der Waals surface area contributed by atoms with Crippen molar-refractivity contribution in [2.24, 2.45) is 0 Å². The molecule has 0 saturated heterocycles. The van der Waals surface area contributed by atoms with Gasteiger partial charge >= 0.3 is 0 Å². The first-order valence-corrected chi connectivity index (χ1v) is 7.96. The van der Waals surface area contributed by atoms with E-state index >= 15 is 0 Å². The van der Waals surface area contributed by atoms with E-state index in [4.69, 9.17) is 4.52 Å². The standard InChI is InChI=1S/C17H14N2O2S/c1-22-14-9-5-8-13(10-14)18-17(20)15-11-16(21-19-15)12-6-3-2-4-7-12/h2-11H,1H3,(H,18,20). The number of thioether (sulfide) groups is 1. The number of carbonyl (C=O) groups excluding carboxylic acids is 1. The number of amides is 1. The smallest absolute Gasteiger partial charge is 0.277 e. The first-order valence-electron chi connectivity index (χ1n) is 6.74. The fourth-order valence-electron chi connectivity index (χ4n) is 2.02. The van der Waals surface area contributed by atoms with Crippen molar-refractivity contribution in [3.05, 3.63) is 66.4 Å². The summed E-state index contributed by atoms with van der Waals surface area (Å²) in [5.74, 6) is 0.285. The zero-order valence-electron chi connectivity index (χ0n) is 11.9. The lowest BCUT2D eigenvalue weighted by Crippen LogP contribution is -2.12. The third-order valence-corrected chi connectivity index (χ3v) is 3.85. The van der Waals surface area contributed by atoms with Crippen molar-refractivity contribution in [2.75, 3.05) is 11.6 Å². The molecule has 0 radical (unpaired) electrons. The summed E-state index contributed by atoms with van der Waals surface area (Å²) in [6.07, 6.45) is 1.99. The van der Waals surface area contributed by atoms with Crippen molar-refractivity contribution >= 4 is 23.4 Å². The van der Waals surface area contributed by atoms with Crippen molar-refractivity contribution in [1.82, 2.24) is 5.16 Å². The van der Waals surface area contributed by atoms with Crippen LogP contribution in [0.25, 0.3) is 11.3 Å². The van der Waals surface area contributed by atoms with E-state index in [9.17, 15) is 4.79 Å². The number of hydrogen-bond acceptors (Lipinski definition) is 4. The lowest BCUT2D eigenvalue weighted by atomic mass is 10.1. The van der Waals surface area contributed by atoms with E-state index in [0.29, 0.717) is 5.76 Å². The Labute approximate surface area is 132 Å². The fourth-order valence-corrected chi connectivity index (χ4v) is 2.48. The highest BCUT2D eigenvalue weighted by Crippen LogP contribution is 2.22. The van der Waals surface area contributed by atoms with E-state index in [2.05, 4.69) is 10.5 Å². The molecule has 0 atom stereocenters. The molecule has 0 saturated carbocycles. The average molecular weight is 310 g/mol. The number of rotatable bonds is 4. The maximum absolute atomic E-state index is 12.2. The Morgan fingerprint density at radius 1 is 1.09 bits per heavy atom. The molecule has 1 heterocycles. The second-order valence-electron chi connectivity index (χ2n) is 4.63. The van der Waals surface area contributed by atoms with Crippen LogP contribution in [0.5, 0.6) is 0 Å². The SMILES string of the molecule is CSc1cccc(NC(=O)c2cc(-c3ccccc3)on2)c1. The molecule has 4 nitrogen and oxygen atoms in total. The monoisotopic (exact) mass is 310 g/mol. The van der Waals surface area contributed by atoms with Gasteiger partial charge in [0, 0.05) is 22.2 Å². The maximum atomic E-state index is 12.2. The number of anilines is 1. The van der Waals surface area contributed by atoms with Crippen LogP contribution in [0.15, 0.2) is 70.1 Å². The van der Waals surface area contributed by atoms with Crippen molar-refractivity contribution in [3.8, 4) is 11.3 Å². The van der Waals surface area contributed by atoms with Crippen LogP contribution in [0.4, 0.5) is 5.69 Å². The van der Waals surface area contributed by atoms with E-state index in [1.54, 1.807) is 17.8 Å². The minimum atomic E-state index is -0.288. The zero-order valence-corrected chi connectivity index (χ0v) is 12.8. The first kappa shape index (κ1) is 14.4. The Morgan fingerprint density at radius 2 is 1.91 bits per heavy atom. The van der Waals surface area contributed by atoms with Crippen LogP contribution in [0, 0.1) is 0 Å². The third-order valence-electron chi connectivity index (χ3n) is 3.13. The summed E-state index contributed by atoms with van der Waals surface area (Å²) in [6.45, 7) is 0. The van der Waals surface area contributed by atoms with E-state index < -0.39 is 0 Å². The van der Waals surface area contributed by atoms with Gasteiger partial charge in [0.05, 0.1) is 0 Å². The van der Waals surface area contributed by atoms with E-state index in [1.165, 1.54) is 0 Å². The average Bonchev–Trinajstić information content (AvgIpc) is 3.06. The Hall–Kier alpha value is -2.53. The molecule has 3 aromatic rings. The van der Waals surface area contributed by atoms with Gasteiger partial charge in [0.15, 0.2) is 11.5 Å². The lowest BCUT2D eigenvalue weighted by molar-refractivity contribution is 0.101. The Bertz CT molecular complexity index is 784. The van der Waals surface area contributed by atoms with Gasteiger partial charge in [-0.2, -0.15) is 0 Å². The Morgan fingerprint density at radius 3 is 2.68 bits per heavy atom. The molecule has 0 bridgehead atoms. The summed E-state index contributed by atoms with van der Waals surface area (Å²) in [5, 5.41) is 6.66. The summed E-state index contributed by atoms with van der Waals surface area (Å²) < 4.78 is 5.24. The molecule has 0 aliphatic carbocycles. The number of nitrogens with one attached hydrogen (secondary N) is 1. The molecule has 1 aromatic heterocycles. The number of benzene rings is 2. The molecule has 1 N–H and O–H groups in total. The third kappa shape index (κ3) is 3.20. The Kier molecular flexibility index (Phi) is 4.25. The van der Waals surface area contributed by atoms with Crippen LogP contribution >= 0.6 is 11.8 Å². The summed E-state index contributed by atoms with van der Waals surface area (Å²) >= 11 is 1.62. The van der Waals surface area contributed by atoms with Crippen molar-refractivity contribution in [2.45, 2.75) is 4.90 Å². The number of hydrogen-bond donors (Lipinski definition) is 1. The topological polar surface area (TPSA) is 55.1 Å². The van der Waals surface area contributed by atoms with Crippen LogP contribution in [0.3, 0.4) is 0 Å². The molecular formula is C17H14N2O2S. The van der Waals surface area contributed by atoms with Gasteiger partial charge < -0.3 is 9.84 Å². The van der Waals surface area contributed by atoms with Crippen LogP contribution in [-0.4, -0.2) is 17.3 Å². The molecule has 0 spiro atoms. The van der Waals surface area contributed by atoms with Gasteiger partial charge in [-0.05, 0) is 24.5 Å². The molecule has 0 aliphatic heterocycles. The molecule has 0 fully saturated rings. The van der Waals surface area contributed by atoms with Gasteiger partial charge in [-0.1, -0.05) is 41.6 Å². The predicted octanol–water partition coefficient (Wildman–Crippen LogP) is 4.32. The largest absolute Gasteiger partial charge is 0.355 e. The van der Waals surface area contributed by atoms with Gasteiger partial charge in [0.1, 0.15) is 0 Å². The molecule has 0 aliphatic rings. The van der Waals surface area contributed by atoms with Gasteiger partial charge in [0.2, 0.25) is 0 Å². The lowest BCUT2D eigenvalue weighted by Gasteiger charge is -2.04. The molecule has 22 heavy (non-hydrogen) atoms. The van der Waals surface area contributed by atoms with Crippen molar-refractivity contribution in [3.63, 3.8) is 0 Å². The summed E-state index contributed by atoms with van der Waals surface area (Å²) in [4.78, 5) is 13.3. The van der Waals surface area contributed by atoms with Gasteiger partial charge in [0.25, 0.3) is 5.91 Å². The van der Waals surface area contributed by atoms with E-state index in [-0.39, 0.29) is 11.6 Å². The number of carbonyl (C=O) groups is 1. The zero-order chi connectivity index (χ0) is 15.4. The highest BCUT2D eigenvalue weighted by Gasteiger charge is 2.13. The first-order chi connectivity index (χ1) is 10.8. The predicted molar refractivity (Wildman–Crippen MR) is 88.1 cm³/mol. The van der Waals surface area contributed by atoms with Crippen LogP contribution in [-0.2, 0) is 0 Å². The van der Waals surface area contributed by atoms with Crippen LogP contribution in [0.2, 0.25) is 0 Å². The van der Waals surface area contributed by atoms with Crippen LogP contribution < -0.4 is 5.32 Å². The van der Waals surface area contributed by atoms with E-state index in [1.807, 2.05) is 60.9 Å². The molecule has 110 valence electrons. The normalized spacial score (nSPS) is 10.4. The van der Waals surface area contributed by atoms with E-state index in [0.717, 1.165) is 16.1 Å². The van der Waals surface area contributed by atoms with Gasteiger partial charge in [-0.3, -0.25) is 4.79 Å². The van der Waals surface area contributed by atoms with Gasteiger partial charge in [-0.25, -0.2) is 0 Å². The molecule has 2 aromatic carbocycles. The molecule has 1 amide bonds. The highest BCUT2D eigenvalue weighted by atomic mass is 32.2. The summed E-state index contributed by atoms with van der Waals surface area (Å²) in [6, 6.07) is 18.8. The molecular weight excluding hydrogens is 296 g/mol. The second-order valence-corrected chi connectivity index (χ2v) is 5.51. The van der Waals surface area contributed by atoms with Crippen molar-refractivity contribution in [1.29, 1.82) is 0 Å². The minimum absolute atomic E-state index is 0.258. The molecule has 5 heteroatoms. The highest BCUT2D eigenvalue weighted by molar-refractivity contribution is 7.98. The number of nitrogens with zero attached hydrogens (tertiary/aromatic N) is 1.